The van der Waals surface area contributed by atoms with Crippen molar-refractivity contribution in [1.82, 2.24) is 60.5 Å². The molecule has 35 heteroatoms. The van der Waals surface area contributed by atoms with E-state index in [4.69, 9.17) is 79.1 Å². The first-order chi connectivity index (χ1) is 54.4. The molecule has 0 spiro atoms. The van der Waals surface area contributed by atoms with Gasteiger partial charge in [-0.25, -0.2) is 62.5 Å². The van der Waals surface area contributed by atoms with Crippen molar-refractivity contribution in [3.63, 3.8) is 0 Å². The fraction of sp³-hybridized carbons (Fsp3) is 0.253. The number of carbonyl (C=O) groups excluding carboxylic acids is 3. The van der Waals surface area contributed by atoms with Crippen LogP contribution >= 0.6 is 69.6 Å². The van der Waals surface area contributed by atoms with E-state index >= 15 is 0 Å². The molecule has 0 bridgehead atoms. The number of fused-ring (bicyclic) bond motifs is 3. The van der Waals surface area contributed by atoms with E-state index in [9.17, 15) is 52.8 Å². The first kappa shape index (κ1) is 82.9. The number of sulfone groups is 3. The van der Waals surface area contributed by atoms with Gasteiger partial charge in [0.2, 0.25) is 0 Å². The van der Waals surface area contributed by atoms with Crippen molar-refractivity contribution in [2.24, 2.45) is 0 Å². The van der Waals surface area contributed by atoms with E-state index in [1.807, 2.05) is 6.07 Å². The third-order valence-corrected chi connectivity index (χ3v) is 25.3. The van der Waals surface area contributed by atoms with Crippen molar-refractivity contribution in [3.05, 3.63) is 273 Å². The van der Waals surface area contributed by atoms with Crippen molar-refractivity contribution in [3.8, 4) is 17.1 Å². The maximum absolute atomic E-state index is 13.5. The maximum atomic E-state index is 13.5. The number of hydrogen-bond acceptors (Lipinski definition) is 17. The first-order valence-corrected chi connectivity index (χ1v) is 43.2. The van der Waals surface area contributed by atoms with Gasteiger partial charge in [-0.1, -0.05) is 112 Å². The Morgan fingerprint density at radius 1 is 0.474 bits per heavy atom. The average molecular weight is 1730 g/mol. The minimum atomic E-state index is -3.64. The average Bonchev–Trinajstić information content (AvgIpc) is 1.60. The normalized spacial score (nSPS) is 18.7. The molecule has 23 nitrogen and oxygen atoms in total. The van der Waals surface area contributed by atoms with Crippen LogP contribution in [0.15, 0.2) is 152 Å². The van der Waals surface area contributed by atoms with E-state index in [0.29, 0.717) is 115 Å². The van der Waals surface area contributed by atoms with Gasteiger partial charge in [0, 0.05) is 65.3 Å². The molecule has 5 aliphatic heterocycles. The summed E-state index contributed by atoms with van der Waals surface area (Å²) in [7, 11) is -7.68. The van der Waals surface area contributed by atoms with Crippen LogP contribution in [0.5, 0.6) is 0 Å². The molecule has 4 aromatic heterocycles. The third-order valence-electron chi connectivity index (χ3n) is 19.2. The van der Waals surface area contributed by atoms with E-state index in [1.165, 1.54) is 50.4 Å². The molecule has 3 N–H and O–H groups in total. The summed E-state index contributed by atoms with van der Waals surface area (Å²) < 4.78 is 134. The lowest BCUT2D eigenvalue weighted by atomic mass is 10.0. The zero-order valence-corrected chi connectivity index (χ0v) is 67.9. The summed E-state index contributed by atoms with van der Waals surface area (Å²) in [6, 6.07) is 36.5. The molecule has 9 heterocycles. The van der Waals surface area contributed by atoms with E-state index < -0.39 is 70.7 Å². The summed E-state index contributed by atoms with van der Waals surface area (Å²) in [5.41, 5.74) is 12.8. The Morgan fingerprint density at radius 2 is 0.807 bits per heavy atom. The van der Waals surface area contributed by atoms with Crippen LogP contribution in [0.2, 0.25) is 30.1 Å². The molecule has 0 aliphatic carbocycles. The lowest BCUT2D eigenvalue weighted by molar-refractivity contribution is 0.0600. The number of amides is 3. The number of benzene rings is 6. The summed E-state index contributed by atoms with van der Waals surface area (Å²) in [4.78, 5) is 44.8. The number of carbonyl (C=O) groups is 3. The molecule has 0 unspecified atom stereocenters. The predicted molar refractivity (Wildman–Crippen MR) is 434 cm³/mol. The summed E-state index contributed by atoms with van der Waals surface area (Å²) in [6.45, 7) is 3.95. The maximum Gasteiger partial charge on any atom is 0.286 e. The number of rotatable bonds is 17. The van der Waals surface area contributed by atoms with Gasteiger partial charge in [0.25, 0.3) is 17.7 Å². The molecular weight excluding hydrogens is 1660 g/mol. The molecule has 10 aromatic rings. The summed E-state index contributed by atoms with van der Waals surface area (Å²) >= 11 is 37.9. The Balaban J connectivity index is 0.000000149. The van der Waals surface area contributed by atoms with E-state index in [1.54, 1.807) is 159 Å². The Kier molecular flexibility index (Phi) is 25.6. The highest BCUT2D eigenvalue weighted by atomic mass is 35.5. The molecule has 0 saturated carbocycles. The van der Waals surface area contributed by atoms with Gasteiger partial charge in [0.05, 0.1) is 121 Å². The third kappa shape index (κ3) is 19.2. The van der Waals surface area contributed by atoms with Crippen LogP contribution in [0.1, 0.15) is 126 Å². The molecule has 3 amide bonds. The SMILES string of the molecule is COC[C@@H]1CCCN1NC(=O)c1nn(-c2ccc(Cl)cc2Cl)c2c1CS(=O)(=O)C/C2=C\c1ccc(F)cc1.COC[C@H]1CCCN1NC(=O)c1nn(-c2ccc(Cl)cc2Cl)c2c1CS(=O)(=O)C/C2=C\c1ccc(F)cc1.C[C@@H](NC(=O)c1nn(-c2ccc(Cl)cc2Cl)c2c1CS(=O)(=O)C/C2=C\c1ccc(F)cc1)c1ccccn1. The van der Waals surface area contributed by atoms with E-state index in [0.717, 1.165) is 25.7 Å². The van der Waals surface area contributed by atoms with Crippen molar-refractivity contribution in [2.75, 3.05) is 57.8 Å². The minimum Gasteiger partial charge on any atom is -0.383 e. The molecular formula is C79H71Cl6F3N12O11S3. The quantitative estimate of drug-likeness (QED) is 0.0764. The Bertz CT molecular complexity index is 5610. The van der Waals surface area contributed by atoms with Crippen molar-refractivity contribution < 1.29 is 62.3 Å². The monoisotopic (exact) mass is 1730 g/mol. The number of nitrogens with zero attached hydrogens (tertiary/aromatic N) is 9. The predicted octanol–water partition coefficient (Wildman–Crippen LogP) is 14.8. The minimum absolute atomic E-state index is 0.00485. The molecule has 2 saturated heterocycles. The standard InChI is InChI=1S/C27H21Cl2FN4O3S.2C26H25Cl2FN4O4S/c1-16(23-4-2-3-11-31-23)32-27(35)25-21-15-38(36,37)14-18(12-17-5-8-20(30)9-6-17)26(21)34(33-25)24-10-7-19(28)13-22(24)29;2*1-37-13-20-3-2-10-32(20)31-26(34)24-21-15-38(35,36)14-17(11-16-4-7-19(29)8-5-16)25(21)33(30-24)23-9-6-18(27)12-22(23)28/h2-13,16H,14-15H2,1H3,(H,32,35);2*4-9,11-12,20H,2-3,10,13-15H2,1H3,(H,31,34)/b18-12+;2*17-11+/t16-;2*20-/m110/s1. The van der Waals surface area contributed by atoms with Crippen LogP contribution in [-0.4, -0.2) is 157 Å². The molecule has 15 rings (SSSR count). The zero-order valence-electron chi connectivity index (χ0n) is 60.9. The van der Waals surface area contributed by atoms with Gasteiger partial charge in [0.1, 0.15) is 17.5 Å². The number of methoxy groups -OCH3 is 2. The van der Waals surface area contributed by atoms with Crippen molar-refractivity contribution in [1.29, 1.82) is 0 Å². The van der Waals surface area contributed by atoms with Gasteiger partial charge in [-0.3, -0.25) is 30.2 Å². The van der Waals surface area contributed by atoms with E-state index in [-0.39, 0.29) is 95.4 Å². The molecule has 0 radical (unpaired) electrons. The van der Waals surface area contributed by atoms with Gasteiger partial charge < -0.3 is 14.8 Å². The van der Waals surface area contributed by atoms with Gasteiger partial charge >= 0.3 is 0 Å². The lowest BCUT2D eigenvalue weighted by Gasteiger charge is -2.24. The topological polar surface area (TPSA) is 281 Å². The van der Waals surface area contributed by atoms with Crippen LogP contribution < -0.4 is 16.2 Å². The summed E-state index contributed by atoms with van der Waals surface area (Å²) in [6.07, 6.45) is 10.1. The summed E-state index contributed by atoms with van der Waals surface area (Å²) in [5, 5.41) is 22.3. The molecule has 114 heavy (non-hydrogen) atoms. The van der Waals surface area contributed by atoms with Crippen LogP contribution in [-0.2, 0) is 56.2 Å². The number of hydrogen-bond donors (Lipinski definition) is 3. The smallest absolute Gasteiger partial charge is 0.286 e. The number of aromatic nitrogens is 7. The van der Waals surface area contributed by atoms with Crippen LogP contribution in [0, 0.1) is 17.5 Å². The van der Waals surface area contributed by atoms with Gasteiger partial charge in [-0.05, 0) is 187 Å². The number of pyridine rings is 1. The highest BCUT2D eigenvalue weighted by molar-refractivity contribution is 7.91. The second-order valence-corrected chi connectivity index (χ2v) is 36.3. The Morgan fingerprint density at radius 3 is 1.11 bits per heavy atom. The molecule has 5 aliphatic rings. The molecule has 2 fully saturated rings. The highest BCUT2D eigenvalue weighted by Crippen LogP contribution is 2.42. The molecule has 3 atom stereocenters. The van der Waals surface area contributed by atoms with Crippen LogP contribution in [0.25, 0.3) is 52.0 Å². The number of halogens is 9. The van der Waals surface area contributed by atoms with Gasteiger partial charge in [-0.2, -0.15) is 15.3 Å². The second-order valence-electron chi connectivity index (χ2n) is 27.5. The number of ether oxygens (including phenoxy) is 2. The van der Waals surface area contributed by atoms with Crippen LogP contribution in [0.4, 0.5) is 13.2 Å². The summed E-state index contributed by atoms with van der Waals surface area (Å²) in [5.74, 6) is -4.78. The number of hydrazine groups is 2. The fourth-order valence-electron chi connectivity index (χ4n) is 14.2. The first-order valence-electron chi connectivity index (χ1n) is 35.5. The van der Waals surface area contributed by atoms with Gasteiger partial charge in [-0.15, -0.1) is 0 Å². The molecule has 594 valence electrons. The lowest BCUT2D eigenvalue weighted by Crippen LogP contribution is -2.47. The largest absolute Gasteiger partial charge is 0.383 e. The Hall–Kier alpha value is -9.05. The zero-order chi connectivity index (χ0) is 81.1. The highest BCUT2D eigenvalue weighted by Gasteiger charge is 2.41. The van der Waals surface area contributed by atoms with E-state index in [2.05, 4.69) is 36.4 Å². The van der Waals surface area contributed by atoms with Crippen molar-refractivity contribution >= 4 is 152 Å². The Labute approximate surface area is 684 Å². The second kappa shape index (κ2) is 35.2. The number of nitrogens with one attached hydrogen (secondary N) is 3. The van der Waals surface area contributed by atoms with Crippen LogP contribution in [0.3, 0.4) is 0 Å². The molecule has 6 aromatic carbocycles. The van der Waals surface area contributed by atoms with Gasteiger partial charge in [0.15, 0.2) is 46.6 Å². The van der Waals surface area contributed by atoms with Crippen molar-refractivity contribution in [2.45, 2.75) is 68.0 Å². The fourth-order valence-corrected chi connectivity index (χ4v) is 20.1.